The molecule has 3 rings (SSSR count). The lowest BCUT2D eigenvalue weighted by Gasteiger charge is -2.01. The molecule has 1 aromatic heterocycles. The number of carbonyl (C=O) groups is 1. The predicted molar refractivity (Wildman–Crippen MR) is 78.5 cm³/mol. The minimum atomic E-state index is -0.0961. The van der Waals surface area contributed by atoms with Gasteiger partial charge in [-0.15, -0.1) is 0 Å². The summed E-state index contributed by atoms with van der Waals surface area (Å²) in [6.07, 6.45) is 0. The van der Waals surface area contributed by atoms with Gasteiger partial charge in [0.05, 0.1) is 0 Å². The van der Waals surface area contributed by atoms with Crippen molar-refractivity contribution in [1.29, 1.82) is 0 Å². The summed E-state index contributed by atoms with van der Waals surface area (Å²) in [6, 6.07) is 15.0. The van der Waals surface area contributed by atoms with Gasteiger partial charge in [0.15, 0.2) is 5.76 Å². The van der Waals surface area contributed by atoms with Crippen LogP contribution in [0, 0.1) is 6.92 Å². The fraction of sp³-hybridized carbons (Fsp3) is 0.0625. The van der Waals surface area contributed by atoms with Crippen molar-refractivity contribution in [2.24, 2.45) is 0 Å². The summed E-state index contributed by atoms with van der Waals surface area (Å²) >= 11 is 3.40. The van der Waals surface area contributed by atoms with Gasteiger partial charge in [-0.2, -0.15) is 0 Å². The van der Waals surface area contributed by atoms with E-state index in [9.17, 15) is 4.79 Å². The van der Waals surface area contributed by atoms with Gasteiger partial charge in [0, 0.05) is 21.0 Å². The summed E-state index contributed by atoms with van der Waals surface area (Å²) in [5.74, 6) is 0.314. The first kappa shape index (κ1) is 12.2. The molecule has 0 saturated heterocycles. The molecule has 0 atom stereocenters. The van der Waals surface area contributed by atoms with E-state index in [1.54, 1.807) is 6.07 Å². The van der Waals surface area contributed by atoms with Gasteiger partial charge in [-0.3, -0.25) is 4.79 Å². The summed E-state index contributed by atoms with van der Waals surface area (Å²) in [4.78, 5) is 12.5. The first-order chi connectivity index (χ1) is 9.18. The lowest BCUT2D eigenvalue weighted by atomic mass is 10.1. The largest absolute Gasteiger partial charge is 0.452 e. The van der Waals surface area contributed by atoms with E-state index in [0.29, 0.717) is 11.3 Å². The van der Waals surface area contributed by atoms with Crippen molar-refractivity contribution in [2.45, 2.75) is 6.92 Å². The number of para-hydroxylation sites is 1. The smallest absolute Gasteiger partial charge is 0.229 e. The molecule has 0 radical (unpaired) electrons. The van der Waals surface area contributed by atoms with Crippen molar-refractivity contribution in [1.82, 2.24) is 0 Å². The molecule has 0 aliphatic rings. The highest BCUT2D eigenvalue weighted by Crippen LogP contribution is 2.28. The second-order valence-corrected chi connectivity index (χ2v) is 5.22. The summed E-state index contributed by atoms with van der Waals surface area (Å²) in [5.41, 5.74) is 2.25. The minimum Gasteiger partial charge on any atom is -0.452 e. The van der Waals surface area contributed by atoms with Gasteiger partial charge >= 0.3 is 0 Å². The van der Waals surface area contributed by atoms with E-state index in [1.807, 2.05) is 49.4 Å². The summed E-state index contributed by atoms with van der Waals surface area (Å²) in [6.45, 7) is 1.91. The number of hydrogen-bond donors (Lipinski definition) is 0. The third kappa shape index (κ3) is 2.00. The third-order valence-electron chi connectivity index (χ3n) is 3.17. The molecule has 3 aromatic rings. The second kappa shape index (κ2) is 4.67. The number of rotatable bonds is 2. The van der Waals surface area contributed by atoms with Gasteiger partial charge in [-0.05, 0) is 25.1 Å². The Bertz CT molecular complexity index is 771. The minimum absolute atomic E-state index is 0.0961. The lowest BCUT2D eigenvalue weighted by molar-refractivity contribution is 0.101. The highest BCUT2D eigenvalue weighted by atomic mass is 79.9. The van der Waals surface area contributed by atoms with Crippen LogP contribution >= 0.6 is 15.9 Å². The summed E-state index contributed by atoms with van der Waals surface area (Å²) in [7, 11) is 0. The van der Waals surface area contributed by atoms with E-state index in [1.165, 1.54) is 0 Å². The van der Waals surface area contributed by atoms with Gasteiger partial charge in [-0.25, -0.2) is 0 Å². The molecule has 0 fully saturated rings. The number of halogens is 1. The van der Waals surface area contributed by atoms with Gasteiger partial charge < -0.3 is 4.42 Å². The van der Waals surface area contributed by atoms with Crippen LogP contribution in [-0.4, -0.2) is 5.78 Å². The van der Waals surface area contributed by atoms with E-state index >= 15 is 0 Å². The van der Waals surface area contributed by atoms with E-state index in [2.05, 4.69) is 15.9 Å². The SMILES string of the molecule is Cc1c(C(=O)c2ccccc2Br)oc2ccccc12. The number of carbonyl (C=O) groups excluding carboxylic acids is 1. The maximum atomic E-state index is 12.5. The molecule has 0 aliphatic carbocycles. The fourth-order valence-corrected chi connectivity index (χ4v) is 2.62. The van der Waals surface area contributed by atoms with Crippen molar-refractivity contribution in [2.75, 3.05) is 0 Å². The first-order valence-corrected chi connectivity index (χ1v) is 6.75. The van der Waals surface area contributed by atoms with E-state index in [0.717, 1.165) is 21.0 Å². The molecule has 0 aliphatic heterocycles. The maximum Gasteiger partial charge on any atom is 0.229 e. The normalized spacial score (nSPS) is 10.8. The van der Waals surface area contributed by atoms with Crippen LogP contribution in [0.1, 0.15) is 21.7 Å². The fourth-order valence-electron chi connectivity index (χ4n) is 2.16. The molecule has 0 amide bonds. The zero-order valence-corrected chi connectivity index (χ0v) is 11.9. The molecule has 2 aromatic carbocycles. The second-order valence-electron chi connectivity index (χ2n) is 4.36. The van der Waals surface area contributed by atoms with Crippen LogP contribution in [0.25, 0.3) is 11.0 Å². The summed E-state index contributed by atoms with van der Waals surface area (Å²) in [5, 5.41) is 0.984. The molecule has 2 nitrogen and oxygen atoms in total. The zero-order valence-electron chi connectivity index (χ0n) is 10.3. The third-order valence-corrected chi connectivity index (χ3v) is 3.86. The van der Waals surface area contributed by atoms with E-state index in [4.69, 9.17) is 4.42 Å². The van der Waals surface area contributed by atoms with Crippen LogP contribution < -0.4 is 0 Å². The molecule has 0 bridgehead atoms. The van der Waals surface area contributed by atoms with Crippen molar-refractivity contribution < 1.29 is 9.21 Å². The standard InChI is InChI=1S/C16H11BrO2/c1-10-11-6-3-5-9-14(11)19-16(10)15(18)12-7-2-4-8-13(12)17/h2-9H,1H3. The van der Waals surface area contributed by atoms with Gasteiger partial charge in [-0.1, -0.05) is 46.3 Å². The Labute approximate surface area is 119 Å². The average molecular weight is 315 g/mol. The molecular weight excluding hydrogens is 304 g/mol. The lowest BCUT2D eigenvalue weighted by Crippen LogP contribution is -2.02. The zero-order chi connectivity index (χ0) is 13.4. The Morgan fingerprint density at radius 1 is 1.05 bits per heavy atom. The van der Waals surface area contributed by atoms with E-state index < -0.39 is 0 Å². The Balaban J connectivity index is 2.17. The molecule has 0 N–H and O–H groups in total. The molecule has 0 unspecified atom stereocenters. The first-order valence-electron chi connectivity index (χ1n) is 5.96. The molecule has 94 valence electrons. The van der Waals surface area contributed by atoms with Crippen LogP contribution in [0.4, 0.5) is 0 Å². The molecule has 0 saturated carbocycles. The maximum absolute atomic E-state index is 12.5. The van der Waals surface area contributed by atoms with Crippen LogP contribution in [0.15, 0.2) is 57.4 Å². The predicted octanol–water partition coefficient (Wildman–Crippen LogP) is 4.73. The number of aryl methyl sites for hydroxylation is 1. The topological polar surface area (TPSA) is 30.2 Å². The number of ketones is 1. The molecule has 1 heterocycles. The van der Waals surface area contributed by atoms with Crippen LogP contribution in [0.3, 0.4) is 0 Å². The highest BCUT2D eigenvalue weighted by Gasteiger charge is 2.20. The van der Waals surface area contributed by atoms with Crippen LogP contribution in [-0.2, 0) is 0 Å². The van der Waals surface area contributed by atoms with Crippen molar-refractivity contribution in [3.05, 3.63) is 69.9 Å². The van der Waals surface area contributed by atoms with Gasteiger partial charge in [0.2, 0.25) is 5.78 Å². The quantitative estimate of drug-likeness (QED) is 0.640. The van der Waals surface area contributed by atoms with Crippen LogP contribution in [0.2, 0.25) is 0 Å². The molecule has 3 heteroatoms. The molecule has 0 spiro atoms. The van der Waals surface area contributed by atoms with E-state index in [-0.39, 0.29) is 5.78 Å². The Kier molecular flexibility index (Phi) is 2.99. The van der Waals surface area contributed by atoms with Crippen molar-refractivity contribution in [3.63, 3.8) is 0 Å². The van der Waals surface area contributed by atoms with Gasteiger partial charge in [0.25, 0.3) is 0 Å². The number of benzene rings is 2. The van der Waals surface area contributed by atoms with Gasteiger partial charge in [0.1, 0.15) is 5.58 Å². The van der Waals surface area contributed by atoms with Crippen molar-refractivity contribution >= 4 is 32.7 Å². The Hall–Kier alpha value is -1.87. The Morgan fingerprint density at radius 2 is 1.74 bits per heavy atom. The number of hydrogen-bond acceptors (Lipinski definition) is 2. The Morgan fingerprint density at radius 3 is 2.47 bits per heavy atom. The molecular formula is C16H11BrO2. The molecule has 19 heavy (non-hydrogen) atoms. The average Bonchev–Trinajstić information content (AvgIpc) is 2.77. The number of fused-ring (bicyclic) bond motifs is 1. The number of furan rings is 1. The monoisotopic (exact) mass is 314 g/mol. The summed E-state index contributed by atoms with van der Waals surface area (Å²) < 4.78 is 6.48. The highest BCUT2D eigenvalue weighted by molar-refractivity contribution is 9.10. The van der Waals surface area contributed by atoms with Crippen LogP contribution in [0.5, 0.6) is 0 Å². The van der Waals surface area contributed by atoms with Crippen molar-refractivity contribution in [3.8, 4) is 0 Å².